The first kappa shape index (κ1) is 14.1. The van der Waals surface area contributed by atoms with Gasteiger partial charge >= 0.3 is 0 Å². The summed E-state index contributed by atoms with van der Waals surface area (Å²) in [6, 6.07) is 8.73. The number of alkyl halides is 1. The van der Waals surface area contributed by atoms with E-state index in [0.717, 1.165) is 6.42 Å². The van der Waals surface area contributed by atoms with Gasteiger partial charge in [-0.25, -0.2) is 0 Å². The van der Waals surface area contributed by atoms with Gasteiger partial charge in [-0.1, -0.05) is 23.8 Å². The van der Waals surface area contributed by atoms with Crippen LogP contribution in [0.4, 0.5) is 0 Å². The third-order valence-corrected chi connectivity index (χ3v) is 5.86. The summed E-state index contributed by atoms with van der Waals surface area (Å²) in [6.45, 7) is 6.37. The molecule has 0 aliphatic rings. The maximum Gasteiger partial charge on any atom is 0.0731 e. The minimum Gasteiger partial charge on any atom is -0.131 e. The lowest BCUT2D eigenvalue weighted by molar-refractivity contribution is 0.927. The number of hydrogen-bond acceptors (Lipinski definition) is 1. The molecule has 1 aromatic carbocycles. The molecular weight excluding hydrogens is 328 g/mol. The molecule has 0 nitrogen and oxygen atoms in total. The van der Waals surface area contributed by atoms with Crippen LogP contribution in [-0.2, 0) is 6.42 Å². The Morgan fingerprint density at radius 2 is 1.89 bits per heavy atom. The molecule has 1 unspecified atom stereocenters. The summed E-state index contributed by atoms with van der Waals surface area (Å²) < 4.78 is 1.18. The molecule has 0 fully saturated rings. The molecule has 0 saturated heterocycles. The highest BCUT2D eigenvalue weighted by molar-refractivity contribution is 9.11. The van der Waals surface area contributed by atoms with Gasteiger partial charge < -0.3 is 0 Å². The van der Waals surface area contributed by atoms with Crippen molar-refractivity contribution in [2.24, 2.45) is 0 Å². The van der Waals surface area contributed by atoms with E-state index in [0.29, 0.717) is 0 Å². The number of benzene rings is 1. The Morgan fingerprint density at radius 3 is 2.50 bits per heavy atom. The lowest BCUT2D eigenvalue weighted by atomic mass is 10.0. The molecule has 0 bridgehead atoms. The molecule has 2 aromatic rings. The summed E-state index contributed by atoms with van der Waals surface area (Å²) in [5.74, 6) is 0. The summed E-state index contributed by atoms with van der Waals surface area (Å²) in [7, 11) is 0. The van der Waals surface area contributed by atoms with E-state index >= 15 is 0 Å². The van der Waals surface area contributed by atoms with Crippen LogP contribution in [0.1, 0.15) is 32.5 Å². The van der Waals surface area contributed by atoms with E-state index < -0.39 is 0 Å². The maximum absolute atomic E-state index is 6.54. The van der Waals surface area contributed by atoms with Crippen LogP contribution in [0.25, 0.3) is 0 Å². The average Bonchev–Trinajstić information content (AvgIpc) is 2.64. The van der Waals surface area contributed by atoms with Crippen molar-refractivity contribution in [3.8, 4) is 0 Å². The molecule has 1 atom stereocenters. The van der Waals surface area contributed by atoms with E-state index in [9.17, 15) is 0 Å². The van der Waals surface area contributed by atoms with Gasteiger partial charge in [0.25, 0.3) is 0 Å². The molecule has 1 heterocycles. The predicted molar refractivity (Wildman–Crippen MR) is 85.0 cm³/mol. The Labute approximate surface area is 126 Å². The highest BCUT2D eigenvalue weighted by Crippen LogP contribution is 2.36. The van der Waals surface area contributed by atoms with Crippen molar-refractivity contribution in [2.75, 3.05) is 0 Å². The number of aryl methyl sites for hydroxylation is 3. The zero-order valence-electron chi connectivity index (χ0n) is 10.8. The Bertz CT molecular complexity index is 540. The largest absolute Gasteiger partial charge is 0.131 e. The number of halogens is 2. The monoisotopic (exact) mass is 342 g/mol. The molecule has 3 heteroatoms. The van der Waals surface area contributed by atoms with Crippen LogP contribution in [0.2, 0.25) is 0 Å². The first-order valence-electron chi connectivity index (χ1n) is 5.93. The Hall–Kier alpha value is -0.310. The van der Waals surface area contributed by atoms with E-state index in [4.69, 9.17) is 11.6 Å². The van der Waals surface area contributed by atoms with Crippen LogP contribution in [-0.4, -0.2) is 0 Å². The molecule has 18 heavy (non-hydrogen) atoms. The van der Waals surface area contributed by atoms with E-state index in [1.54, 1.807) is 11.3 Å². The molecule has 1 aromatic heterocycles. The van der Waals surface area contributed by atoms with Crippen LogP contribution in [0, 0.1) is 20.8 Å². The van der Waals surface area contributed by atoms with E-state index in [1.165, 1.54) is 30.9 Å². The predicted octanol–water partition coefficient (Wildman–Crippen LogP) is 5.96. The summed E-state index contributed by atoms with van der Waals surface area (Å²) in [5.41, 5.74) is 5.22. The topological polar surface area (TPSA) is 0 Å². The second-order valence-electron chi connectivity index (χ2n) is 4.71. The number of thiophene rings is 1. The lowest BCUT2D eigenvalue weighted by Crippen LogP contribution is -1.96. The molecule has 0 spiro atoms. The molecule has 0 amide bonds. The van der Waals surface area contributed by atoms with E-state index in [1.807, 2.05) is 0 Å². The van der Waals surface area contributed by atoms with Crippen molar-refractivity contribution in [3.63, 3.8) is 0 Å². The van der Waals surface area contributed by atoms with Gasteiger partial charge in [0, 0.05) is 4.88 Å². The van der Waals surface area contributed by atoms with Gasteiger partial charge in [-0.05, 0) is 65.9 Å². The molecule has 96 valence electrons. The van der Waals surface area contributed by atoms with Gasteiger partial charge in [-0.2, -0.15) is 0 Å². The second kappa shape index (κ2) is 5.77. The smallest absolute Gasteiger partial charge is 0.0731 e. The Kier molecular flexibility index (Phi) is 4.52. The van der Waals surface area contributed by atoms with Crippen molar-refractivity contribution in [1.29, 1.82) is 0 Å². The Balaban J connectivity index is 2.20. The zero-order chi connectivity index (χ0) is 13.3. The SMILES string of the molecule is Cc1ccc(C)c(CC(Cl)c2cc(C)c(Br)s2)c1. The standard InChI is InChI=1S/C15H16BrClS/c1-9-4-5-10(2)12(6-9)8-13(17)14-7-11(3)15(16)18-14/h4-7,13H,8H2,1-3H3. The molecule has 0 saturated carbocycles. The molecule has 0 radical (unpaired) electrons. The van der Waals surface area contributed by atoms with Crippen LogP contribution < -0.4 is 0 Å². The van der Waals surface area contributed by atoms with Gasteiger partial charge in [0.1, 0.15) is 0 Å². The fourth-order valence-electron chi connectivity index (χ4n) is 1.95. The van der Waals surface area contributed by atoms with Gasteiger partial charge in [0.2, 0.25) is 0 Å². The van der Waals surface area contributed by atoms with Gasteiger partial charge in [-0.15, -0.1) is 22.9 Å². The fraction of sp³-hybridized carbons (Fsp3) is 0.333. The molecule has 0 aliphatic carbocycles. The highest BCUT2D eigenvalue weighted by Gasteiger charge is 2.14. The van der Waals surface area contributed by atoms with Crippen LogP contribution in [0.3, 0.4) is 0 Å². The van der Waals surface area contributed by atoms with Crippen molar-refractivity contribution >= 4 is 38.9 Å². The summed E-state index contributed by atoms with van der Waals surface area (Å²) in [4.78, 5) is 1.24. The normalized spacial score (nSPS) is 12.7. The lowest BCUT2D eigenvalue weighted by Gasteiger charge is -2.11. The van der Waals surface area contributed by atoms with Crippen molar-refractivity contribution in [3.05, 3.63) is 55.2 Å². The molecular formula is C15H16BrClS. The summed E-state index contributed by atoms with van der Waals surface area (Å²) in [6.07, 6.45) is 0.890. The maximum atomic E-state index is 6.54. The summed E-state index contributed by atoms with van der Waals surface area (Å²) >= 11 is 11.8. The Morgan fingerprint density at radius 1 is 1.17 bits per heavy atom. The third kappa shape index (κ3) is 3.17. The van der Waals surface area contributed by atoms with Crippen molar-refractivity contribution in [2.45, 2.75) is 32.6 Å². The second-order valence-corrected chi connectivity index (χ2v) is 7.64. The first-order chi connectivity index (χ1) is 8.47. The zero-order valence-corrected chi connectivity index (χ0v) is 13.9. The van der Waals surface area contributed by atoms with Crippen molar-refractivity contribution in [1.82, 2.24) is 0 Å². The summed E-state index contributed by atoms with van der Waals surface area (Å²) in [5, 5.41) is 0.0560. The number of hydrogen-bond donors (Lipinski definition) is 0. The van der Waals surface area contributed by atoms with E-state index in [-0.39, 0.29) is 5.38 Å². The van der Waals surface area contributed by atoms with Gasteiger partial charge in [-0.3, -0.25) is 0 Å². The number of rotatable bonds is 3. The minimum atomic E-state index is 0.0560. The molecule has 2 rings (SSSR count). The van der Waals surface area contributed by atoms with E-state index in [2.05, 4.69) is 61.0 Å². The van der Waals surface area contributed by atoms with Gasteiger partial charge in [0.05, 0.1) is 9.16 Å². The average molecular weight is 344 g/mol. The molecule has 0 aliphatic heterocycles. The van der Waals surface area contributed by atoms with Crippen LogP contribution in [0.15, 0.2) is 28.1 Å². The molecule has 0 N–H and O–H groups in total. The first-order valence-corrected chi connectivity index (χ1v) is 7.98. The fourth-order valence-corrected chi connectivity index (χ4v) is 3.86. The minimum absolute atomic E-state index is 0.0560. The van der Waals surface area contributed by atoms with Gasteiger partial charge in [0.15, 0.2) is 0 Å². The van der Waals surface area contributed by atoms with Crippen LogP contribution in [0.5, 0.6) is 0 Å². The van der Waals surface area contributed by atoms with Crippen LogP contribution >= 0.6 is 38.9 Å². The highest BCUT2D eigenvalue weighted by atomic mass is 79.9. The quantitative estimate of drug-likeness (QED) is 0.603. The third-order valence-electron chi connectivity index (χ3n) is 3.09. The van der Waals surface area contributed by atoms with Crippen molar-refractivity contribution < 1.29 is 0 Å².